The van der Waals surface area contributed by atoms with Gasteiger partial charge in [0, 0.05) is 55.5 Å². The molecule has 0 spiro atoms. The summed E-state index contributed by atoms with van der Waals surface area (Å²) in [5, 5.41) is 7.73. The van der Waals surface area contributed by atoms with Crippen LogP contribution < -0.4 is 10.6 Å². The minimum absolute atomic E-state index is 0.289. The van der Waals surface area contributed by atoms with Crippen LogP contribution in [-0.2, 0) is 4.79 Å². The molecule has 0 aromatic heterocycles. The summed E-state index contributed by atoms with van der Waals surface area (Å²) in [5.41, 5.74) is 2.78. The maximum absolute atomic E-state index is 12.9. The van der Waals surface area contributed by atoms with Gasteiger partial charge in [-0.1, -0.05) is 41.4 Å². The van der Waals surface area contributed by atoms with Gasteiger partial charge in [0.05, 0.1) is 5.92 Å². The predicted molar refractivity (Wildman–Crippen MR) is 130 cm³/mol. The lowest BCUT2D eigenvalue weighted by Crippen LogP contribution is -2.38. The monoisotopic (exact) mass is 520 g/mol. The van der Waals surface area contributed by atoms with Gasteiger partial charge in [-0.05, 0) is 42.0 Å². The molecule has 1 heterocycles. The molecule has 1 aliphatic heterocycles. The van der Waals surface area contributed by atoms with Gasteiger partial charge >= 0.3 is 0 Å². The van der Waals surface area contributed by atoms with Crippen molar-refractivity contribution >= 4 is 87.1 Å². The summed E-state index contributed by atoms with van der Waals surface area (Å²) in [5.74, 6) is 0.747. The Morgan fingerprint density at radius 2 is 1.73 bits per heavy atom. The van der Waals surface area contributed by atoms with E-state index >= 15 is 0 Å². The van der Waals surface area contributed by atoms with E-state index in [1.807, 2.05) is 11.8 Å². The van der Waals surface area contributed by atoms with Gasteiger partial charge in [-0.15, -0.1) is 23.2 Å². The molecule has 4 rings (SSSR count). The second-order valence-electron chi connectivity index (χ2n) is 7.37. The zero-order valence-electron chi connectivity index (χ0n) is 15.5. The Balaban J connectivity index is 1.49. The van der Waals surface area contributed by atoms with E-state index in [1.54, 1.807) is 36.4 Å². The van der Waals surface area contributed by atoms with Gasteiger partial charge < -0.3 is 10.6 Å². The second kappa shape index (κ2) is 8.65. The van der Waals surface area contributed by atoms with Crippen LogP contribution in [0.3, 0.4) is 0 Å². The van der Waals surface area contributed by atoms with Crippen molar-refractivity contribution in [3.63, 3.8) is 0 Å². The number of benzene rings is 2. The fraction of sp³-hybridized carbons (Fsp3) is 0.286. The zero-order chi connectivity index (χ0) is 21.6. The van der Waals surface area contributed by atoms with Gasteiger partial charge in [0.15, 0.2) is 0 Å². The molecule has 0 bridgehead atoms. The maximum Gasteiger partial charge on any atom is 0.231 e. The van der Waals surface area contributed by atoms with Crippen LogP contribution in [0.5, 0.6) is 0 Å². The summed E-state index contributed by atoms with van der Waals surface area (Å²) in [6, 6.07) is 10.7. The average molecular weight is 523 g/mol. The molecule has 2 atom stereocenters. The highest BCUT2D eigenvalue weighted by molar-refractivity contribution is 8.00. The topological polar surface area (TPSA) is 41.1 Å². The van der Waals surface area contributed by atoms with Gasteiger partial charge in [-0.25, -0.2) is 0 Å². The van der Waals surface area contributed by atoms with Crippen LogP contribution in [0.15, 0.2) is 43.0 Å². The molecule has 3 nitrogen and oxygen atoms in total. The molecular formula is C21H17Cl5N2OS. The van der Waals surface area contributed by atoms with Gasteiger partial charge in [-0.3, -0.25) is 4.79 Å². The normalized spacial score (nSPS) is 22.2. The van der Waals surface area contributed by atoms with Crippen LogP contribution in [0.4, 0.5) is 5.69 Å². The van der Waals surface area contributed by atoms with Crippen molar-refractivity contribution in [3.8, 4) is 0 Å². The Hall–Kier alpha value is -0.750. The molecule has 2 aromatic carbocycles. The summed E-state index contributed by atoms with van der Waals surface area (Å²) in [6.07, 6.45) is 0. The third kappa shape index (κ3) is 4.55. The van der Waals surface area contributed by atoms with E-state index < -0.39 is 16.2 Å². The van der Waals surface area contributed by atoms with Gasteiger partial charge in [0.25, 0.3) is 0 Å². The third-order valence-electron chi connectivity index (χ3n) is 5.16. The summed E-state index contributed by atoms with van der Waals surface area (Å²) < 4.78 is -1.24. The van der Waals surface area contributed by atoms with E-state index in [1.165, 1.54) is 0 Å². The fourth-order valence-electron chi connectivity index (χ4n) is 3.52. The number of hydrogen-bond acceptors (Lipinski definition) is 3. The highest BCUT2D eigenvalue weighted by atomic mass is 35.5. The van der Waals surface area contributed by atoms with Crippen LogP contribution in [0.25, 0.3) is 5.70 Å². The fourth-order valence-corrected chi connectivity index (χ4v) is 5.76. The number of alkyl halides is 2. The molecule has 30 heavy (non-hydrogen) atoms. The molecule has 2 aromatic rings. The Kier molecular flexibility index (Phi) is 6.47. The second-order valence-corrected chi connectivity index (χ2v) is 11.2. The average Bonchev–Trinajstić information content (AvgIpc) is 3.21. The van der Waals surface area contributed by atoms with Gasteiger partial charge in [-0.2, -0.15) is 11.8 Å². The Morgan fingerprint density at radius 3 is 2.33 bits per heavy atom. The van der Waals surface area contributed by atoms with Crippen molar-refractivity contribution in [1.82, 2.24) is 5.32 Å². The number of anilines is 1. The lowest BCUT2D eigenvalue weighted by Gasteiger charge is -2.28. The first-order valence-electron chi connectivity index (χ1n) is 9.14. The number of carbonyl (C=O) groups is 1. The summed E-state index contributed by atoms with van der Waals surface area (Å²) >= 11 is 33.2. The maximum atomic E-state index is 12.9. The standard InChI is InChI=1S/C21H17Cl5N2OS/c1-10(27-15-8-30-9-15)16-7-14(2-3-17(16)24)28-20(29)19-18(21(19,25)26)11-4-12(22)6-13(23)5-11/h2-7,15,18-19,27H,1,8-9H2,(H,28,29). The van der Waals surface area contributed by atoms with Gasteiger partial charge in [0.2, 0.25) is 5.91 Å². The van der Waals surface area contributed by atoms with Gasteiger partial charge in [0.1, 0.15) is 4.33 Å². The number of thioether (sulfide) groups is 1. The number of carbonyl (C=O) groups excluding carboxylic acids is 1. The predicted octanol–water partition coefficient (Wildman–Crippen LogP) is 6.85. The van der Waals surface area contributed by atoms with Crippen molar-refractivity contribution in [2.45, 2.75) is 16.3 Å². The molecule has 1 aliphatic carbocycles. The first-order valence-corrected chi connectivity index (χ1v) is 12.2. The molecule has 1 saturated heterocycles. The SMILES string of the molecule is C=C(NC1CSC1)c1cc(NC(=O)C2C(c3cc(Cl)cc(Cl)c3)C2(Cl)Cl)ccc1Cl. The van der Waals surface area contributed by atoms with Crippen LogP contribution >= 0.6 is 69.8 Å². The lowest BCUT2D eigenvalue weighted by molar-refractivity contribution is -0.117. The number of halogens is 5. The molecule has 0 radical (unpaired) electrons. The highest BCUT2D eigenvalue weighted by Gasteiger charge is 2.67. The molecule has 1 amide bonds. The zero-order valence-corrected chi connectivity index (χ0v) is 20.1. The summed E-state index contributed by atoms with van der Waals surface area (Å²) in [7, 11) is 0. The minimum Gasteiger partial charge on any atom is -0.381 e. The number of amides is 1. The number of hydrogen-bond donors (Lipinski definition) is 2. The van der Waals surface area contributed by atoms with Crippen molar-refractivity contribution in [3.05, 3.63) is 69.2 Å². The number of nitrogens with one attached hydrogen (secondary N) is 2. The Bertz CT molecular complexity index is 1000. The van der Waals surface area contributed by atoms with Crippen molar-refractivity contribution in [2.75, 3.05) is 16.8 Å². The lowest BCUT2D eigenvalue weighted by atomic mass is 10.1. The molecular weight excluding hydrogens is 506 g/mol. The van der Waals surface area contributed by atoms with Crippen LogP contribution in [0.1, 0.15) is 17.0 Å². The molecule has 9 heteroatoms. The molecule has 158 valence electrons. The highest BCUT2D eigenvalue weighted by Crippen LogP contribution is 2.65. The van der Waals surface area contributed by atoms with Crippen LogP contribution in [0.2, 0.25) is 15.1 Å². The van der Waals surface area contributed by atoms with E-state index in [0.29, 0.717) is 26.8 Å². The van der Waals surface area contributed by atoms with E-state index in [4.69, 9.17) is 58.0 Å². The van der Waals surface area contributed by atoms with Crippen molar-refractivity contribution < 1.29 is 4.79 Å². The number of rotatable bonds is 6. The van der Waals surface area contributed by atoms with Crippen molar-refractivity contribution in [2.24, 2.45) is 5.92 Å². The minimum atomic E-state index is -1.24. The quantitative estimate of drug-likeness (QED) is 0.408. The summed E-state index contributed by atoms with van der Waals surface area (Å²) in [6.45, 7) is 4.08. The van der Waals surface area contributed by atoms with E-state index in [-0.39, 0.29) is 5.91 Å². The molecule has 1 saturated carbocycles. The Labute approximate surface area is 204 Å². The first-order chi connectivity index (χ1) is 14.2. The molecule has 2 fully saturated rings. The molecule has 2 N–H and O–H groups in total. The summed E-state index contributed by atoms with van der Waals surface area (Å²) in [4.78, 5) is 12.9. The largest absolute Gasteiger partial charge is 0.381 e. The van der Waals surface area contributed by atoms with Crippen LogP contribution in [0, 0.1) is 5.92 Å². The van der Waals surface area contributed by atoms with Crippen LogP contribution in [-0.4, -0.2) is 27.8 Å². The van der Waals surface area contributed by atoms with E-state index in [2.05, 4.69) is 17.2 Å². The third-order valence-corrected chi connectivity index (χ3v) is 8.14. The smallest absolute Gasteiger partial charge is 0.231 e. The molecule has 2 aliphatic rings. The van der Waals surface area contributed by atoms with E-state index in [0.717, 1.165) is 28.3 Å². The van der Waals surface area contributed by atoms with E-state index in [9.17, 15) is 4.79 Å². The van der Waals surface area contributed by atoms with Crippen molar-refractivity contribution in [1.29, 1.82) is 0 Å². The molecule has 2 unspecified atom stereocenters. The Morgan fingerprint density at radius 1 is 1.07 bits per heavy atom. The first kappa shape index (κ1) is 22.4.